The fourth-order valence-corrected chi connectivity index (χ4v) is 2.81. The Morgan fingerprint density at radius 3 is 2.23 bits per heavy atom. The molecule has 9 heteroatoms. The van der Waals surface area contributed by atoms with Crippen LogP contribution in [0.3, 0.4) is 0 Å². The highest BCUT2D eigenvalue weighted by molar-refractivity contribution is 6.05. The van der Waals surface area contributed by atoms with Gasteiger partial charge < -0.3 is 4.74 Å². The van der Waals surface area contributed by atoms with Crippen molar-refractivity contribution in [1.82, 2.24) is 20.1 Å². The van der Waals surface area contributed by atoms with Gasteiger partial charge in [-0.1, -0.05) is 36.4 Å². The van der Waals surface area contributed by atoms with Gasteiger partial charge in [-0.15, -0.1) is 5.10 Å². The number of anilines is 2. The fraction of sp³-hybridized carbons (Fsp3) is 0.0455. The Bertz CT molecular complexity index is 1150. The van der Waals surface area contributed by atoms with E-state index < -0.39 is 6.09 Å². The molecule has 31 heavy (non-hydrogen) atoms. The highest BCUT2D eigenvalue weighted by atomic mass is 16.6. The molecule has 0 fully saturated rings. The number of aromatic nitrogens is 4. The normalized spacial score (nSPS) is 10.4. The van der Waals surface area contributed by atoms with Gasteiger partial charge in [0.15, 0.2) is 0 Å². The zero-order chi connectivity index (χ0) is 21.6. The maximum absolute atomic E-state index is 13.1. The summed E-state index contributed by atoms with van der Waals surface area (Å²) in [5.41, 5.74) is 1.59. The monoisotopic (exact) mass is 414 g/mol. The van der Waals surface area contributed by atoms with Crippen molar-refractivity contribution in [3.05, 3.63) is 97.0 Å². The van der Waals surface area contributed by atoms with Crippen molar-refractivity contribution in [1.29, 1.82) is 0 Å². The molecule has 0 bridgehead atoms. The molecular weight excluding hydrogens is 396 g/mol. The van der Waals surface area contributed by atoms with E-state index in [0.717, 1.165) is 0 Å². The van der Waals surface area contributed by atoms with Gasteiger partial charge in [0.2, 0.25) is 5.88 Å². The van der Waals surface area contributed by atoms with Crippen LogP contribution in [0.15, 0.2) is 91.4 Å². The molecule has 2 aromatic heterocycles. The lowest BCUT2D eigenvalue weighted by atomic mass is 10.2. The maximum Gasteiger partial charge on any atom is 0.420 e. The first kappa shape index (κ1) is 19.8. The van der Waals surface area contributed by atoms with E-state index in [-0.39, 0.29) is 11.8 Å². The molecule has 2 amide bonds. The predicted molar refractivity (Wildman–Crippen MR) is 114 cm³/mol. The van der Waals surface area contributed by atoms with Gasteiger partial charge in [-0.05, 0) is 35.5 Å². The first-order chi connectivity index (χ1) is 15.1. The van der Waals surface area contributed by atoms with E-state index in [2.05, 4.69) is 15.3 Å². The van der Waals surface area contributed by atoms with Gasteiger partial charge in [-0.3, -0.25) is 9.69 Å². The van der Waals surface area contributed by atoms with E-state index in [9.17, 15) is 9.59 Å². The highest BCUT2D eigenvalue weighted by Crippen LogP contribution is 2.20. The second kappa shape index (κ2) is 8.87. The molecule has 9 nitrogen and oxygen atoms in total. The van der Waals surface area contributed by atoms with Crippen LogP contribution >= 0.6 is 0 Å². The van der Waals surface area contributed by atoms with Crippen molar-refractivity contribution in [2.75, 3.05) is 17.0 Å². The summed E-state index contributed by atoms with van der Waals surface area (Å²) >= 11 is 0. The average Bonchev–Trinajstić information content (AvgIpc) is 3.35. The van der Waals surface area contributed by atoms with Crippen LogP contribution in [-0.2, 0) is 0 Å². The number of amides is 2. The third-order valence-electron chi connectivity index (χ3n) is 4.40. The minimum absolute atomic E-state index is 0.0993. The zero-order valence-corrected chi connectivity index (χ0v) is 16.6. The van der Waals surface area contributed by atoms with Gasteiger partial charge in [-0.25, -0.2) is 9.78 Å². The number of hydrogen-bond acceptors (Lipinski definition) is 6. The van der Waals surface area contributed by atoms with E-state index in [1.54, 1.807) is 55.7 Å². The summed E-state index contributed by atoms with van der Waals surface area (Å²) in [5, 5.41) is 9.01. The SMILES string of the molecule is CN(C(=O)Oc1ccc(N(C(=O)c2ccccc2)n2ccnn2)cn1)c1ccccc1. The molecule has 0 spiro atoms. The maximum atomic E-state index is 13.1. The highest BCUT2D eigenvalue weighted by Gasteiger charge is 2.21. The standard InChI is InChI=1S/C22H18N6O3/c1-26(18-10-6-3-7-11-18)22(30)31-20-13-12-19(16-23-20)28(27-15-14-24-25-27)21(29)17-8-4-2-5-9-17/h2-16H,1H3. The predicted octanol–water partition coefficient (Wildman–Crippen LogP) is 3.42. The van der Waals surface area contributed by atoms with Crippen molar-refractivity contribution >= 4 is 23.4 Å². The number of rotatable bonds is 5. The van der Waals surface area contributed by atoms with E-state index in [1.165, 1.54) is 33.2 Å². The second-order valence-corrected chi connectivity index (χ2v) is 6.42. The first-order valence-corrected chi connectivity index (χ1v) is 9.36. The lowest BCUT2D eigenvalue weighted by Crippen LogP contribution is -2.36. The van der Waals surface area contributed by atoms with E-state index >= 15 is 0 Å². The van der Waals surface area contributed by atoms with Crippen LogP contribution < -0.4 is 14.6 Å². The molecule has 0 unspecified atom stereocenters. The molecule has 0 saturated heterocycles. The van der Waals surface area contributed by atoms with E-state index in [4.69, 9.17) is 4.74 Å². The number of nitrogens with zero attached hydrogens (tertiary/aromatic N) is 6. The number of hydrogen-bond donors (Lipinski definition) is 0. The molecule has 0 aliphatic heterocycles. The molecule has 0 saturated carbocycles. The number of carbonyl (C=O) groups is 2. The number of pyridine rings is 1. The molecule has 2 aromatic carbocycles. The Balaban J connectivity index is 1.55. The van der Waals surface area contributed by atoms with Gasteiger partial charge in [0, 0.05) is 24.4 Å². The van der Waals surface area contributed by atoms with E-state index in [1.807, 2.05) is 24.3 Å². The lowest BCUT2D eigenvalue weighted by Gasteiger charge is -2.21. The lowest BCUT2D eigenvalue weighted by molar-refractivity contribution is 0.0971. The number of ether oxygens (including phenoxy) is 1. The summed E-state index contributed by atoms with van der Waals surface area (Å²) in [7, 11) is 1.61. The Kier molecular flexibility index (Phi) is 5.66. The smallest absolute Gasteiger partial charge is 0.391 e. The first-order valence-electron chi connectivity index (χ1n) is 9.36. The molecule has 2 heterocycles. The third-order valence-corrected chi connectivity index (χ3v) is 4.40. The summed E-state index contributed by atoms with van der Waals surface area (Å²) in [6.07, 6.45) is 3.85. The van der Waals surface area contributed by atoms with Gasteiger partial charge >= 0.3 is 6.09 Å². The Morgan fingerprint density at radius 1 is 0.903 bits per heavy atom. The summed E-state index contributed by atoms with van der Waals surface area (Å²) in [6, 6.07) is 21.0. The molecule has 154 valence electrons. The van der Waals surface area contributed by atoms with Gasteiger partial charge in [0.25, 0.3) is 5.91 Å². The number of para-hydroxylation sites is 1. The summed E-state index contributed by atoms with van der Waals surface area (Å²) in [4.78, 5) is 32.3. The number of carbonyl (C=O) groups excluding carboxylic acids is 2. The Morgan fingerprint density at radius 2 is 1.61 bits per heavy atom. The molecular formula is C22H18N6O3. The largest absolute Gasteiger partial charge is 0.420 e. The zero-order valence-electron chi connectivity index (χ0n) is 16.6. The summed E-state index contributed by atoms with van der Waals surface area (Å²) < 4.78 is 5.34. The Labute approximate surface area is 178 Å². The average molecular weight is 414 g/mol. The van der Waals surface area contributed by atoms with Crippen molar-refractivity contribution in [2.24, 2.45) is 0 Å². The van der Waals surface area contributed by atoms with Gasteiger partial charge in [0.05, 0.1) is 24.3 Å². The van der Waals surface area contributed by atoms with Crippen LogP contribution in [0.4, 0.5) is 16.2 Å². The fourth-order valence-electron chi connectivity index (χ4n) is 2.81. The molecule has 0 radical (unpaired) electrons. The molecule has 0 N–H and O–H groups in total. The van der Waals surface area contributed by atoms with Crippen LogP contribution in [0, 0.1) is 0 Å². The van der Waals surface area contributed by atoms with Crippen LogP contribution in [-0.4, -0.2) is 39.1 Å². The molecule has 0 aliphatic rings. The molecule has 4 aromatic rings. The van der Waals surface area contributed by atoms with Gasteiger partial charge in [0.1, 0.15) is 0 Å². The molecule has 0 aliphatic carbocycles. The summed E-state index contributed by atoms with van der Waals surface area (Å²) in [5.74, 6) is -0.219. The van der Waals surface area contributed by atoms with Crippen LogP contribution in [0.2, 0.25) is 0 Å². The van der Waals surface area contributed by atoms with Crippen molar-refractivity contribution in [2.45, 2.75) is 0 Å². The van der Waals surface area contributed by atoms with Gasteiger partial charge in [-0.2, -0.15) is 9.80 Å². The molecule has 0 atom stereocenters. The Hall–Kier alpha value is -4.53. The van der Waals surface area contributed by atoms with Crippen LogP contribution in [0.1, 0.15) is 10.4 Å². The third kappa shape index (κ3) is 4.40. The minimum Gasteiger partial charge on any atom is -0.391 e. The molecule has 4 rings (SSSR count). The minimum atomic E-state index is -0.583. The second-order valence-electron chi connectivity index (χ2n) is 6.42. The van der Waals surface area contributed by atoms with Crippen LogP contribution in [0.25, 0.3) is 0 Å². The topological polar surface area (TPSA) is 93.5 Å². The number of benzene rings is 2. The quantitative estimate of drug-likeness (QED) is 0.497. The van der Waals surface area contributed by atoms with Crippen molar-refractivity contribution < 1.29 is 14.3 Å². The van der Waals surface area contributed by atoms with Crippen molar-refractivity contribution in [3.8, 4) is 5.88 Å². The van der Waals surface area contributed by atoms with E-state index in [0.29, 0.717) is 16.9 Å². The summed E-state index contributed by atoms with van der Waals surface area (Å²) in [6.45, 7) is 0. The van der Waals surface area contributed by atoms with Crippen LogP contribution in [0.5, 0.6) is 5.88 Å². The van der Waals surface area contributed by atoms with Crippen molar-refractivity contribution in [3.63, 3.8) is 0 Å².